The SMILES string of the molecule is Cc1c[nH]cc1C(=O)N1CC[C@@H](Oc2cccnc2)C1. The summed E-state index contributed by atoms with van der Waals surface area (Å²) in [6.07, 6.45) is 7.90. The summed E-state index contributed by atoms with van der Waals surface area (Å²) in [5.41, 5.74) is 1.72. The van der Waals surface area contributed by atoms with Gasteiger partial charge in [0.15, 0.2) is 0 Å². The fourth-order valence-corrected chi connectivity index (χ4v) is 2.46. The highest BCUT2D eigenvalue weighted by Crippen LogP contribution is 2.20. The summed E-state index contributed by atoms with van der Waals surface area (Å²) >= 11 is 0. The molecule has 1 amide bonds. The van der Waals surface area contributed by atoms with Gasteiger partial charge in [0.2, 0.25) is 0 Å². The average molecular weight is 271 g/mol. The van der Waals surface area contributed by atoms with E-state index in [4.69, 9.17) is 4.74 Å². The van der Waals surface area contributed by atoms with E-state index in [1.807, 2.05) is 30.2 Å². The number of hydrogen-bond acceptors (Lipinski definition) is 3. The number of pyridine rings is 1. The predicted octanol–water partition coefficient (Wildman–Crippen LogP) is 2.01. The molecule has 1 aliphatic heterocycles. The molecule has 1 atom stereocenters. The molecule has 1 N–H and O–H groups in total. The Hall–Kier alpha value is -2.30. The van der Waals surface area contributed by atoms with Gasteiger partial charge in [-0.1, -0.05) is 0 Å². The molecule has 1 saturated heterocycles. The van der Waals surface area contributed by atoms with Crippen LogP contribution in [0.4, 0.5) is 0 Å². The van der Waals surface area contributed by atoms with Crippen molar-refractivity contribution in [3.05, 3.63) is 48.0 Å². The molecule has 0 spiro atoms. The second-order valence-corrected chi connectivity index (χ2v) is 5.02. The van der Waals surface area contributed by atoms with Crippen molar-refractivity contribution < 1.29 is 9.53 Å². The maximum atomic E-state index is 12.4. The van der Waals surface area contributed by atoms with E-state index >= 15 is 0 Å². The van der Waals surface area contributed by atoms with Gasteiger partial charge in [-0.3, -0.25) is 9.78 Å². The lowest BCUT2D eigenvalue weighted by molar-refractivity contribution is 0.0772. The van der Waals surface area contributed by atoms with E-state index in [0.717, 1.165) is 29.8 Å². The lowest BCUT2D eigenvalue weighted by Crippen LogP contribution is -2.31. The molecule has 0 aliphatic carbocycles. The standard InChI is InChI=1S/C15H17N3O2/c1-11-7-17-9-14(11)15(19)18-6-4-13(10-18)20-12-3-2-5-16-8-12/h2-3,5,7-9,13,17H,4,6,10H2,1H3/t13-/m1/s1. The van der Waals surface area contributed by atoms with Gasteiger partial charge >= 0.3 is 0 Å². The van der Waals surface area contributed by atoms with Crippen LogP contribution in [0, 0.1) is 6.92 Å². The summed E-state index contributed by atoms with van der Waals surface area (Å²) < 4.78 is 5.84. The summed E-state index contributed by atoms with van der Waals surface area (Å²) in [6, 6.07) is 3.73. The predicted molar refractivity (Wildman–Crippen MR) is 74.7 cm³/mol. The van der Waals surface area contributed by atoms with Crippen LogP contribution in [0.2, 0.25) is 0 Å². The van der Waals surface area contributed by atoms with Gasteiger partial charge in [-0.25, -0.2) is 0 Å². The maximum absolute atomic E-state index is 12.4. The summed E-state index contributed by atoms with van der Waals surface area (Å²) in [6.45, 7) is 3.29. The van der Waals surface area contributed by atoms with Crippen LogP contribution >= 0.6 is 0 Å². The lowest BCUT2D eigenvalue weighted by Gasteiger charge is -2.17. The molecule has 2 aromatic heterocycles. The van der Waals surface area contributed by atoms with Crippen molar-refractivity contribution in [1.82, 2.24) is 14.9 Å². The van der Waals surface area contributed by atoms with Crippen molar-refractivity contribution in [2.45, 2.75) is 19.4 Å². The number of nitrogens with one attached hydrogen (secondary N) is 1. The van der Waals surface area contributed by atoms with Crippen LogP contribution in [0.15, 0.2) is 36.9 Å². The monoisotopic (exact) mass is 271 g/mol. The number of carbonyl (C=O) groups is 1. The van der Waals surface area contributed by atoms with Gasteiger partial charge in [-0.2, -0.15) is 0 Å². The molecule has 0 saturated carbocycles. The molecule has 0 aromatic carbocycles. The Morgan fingerprint density at radius 2 is 2.40 bits per heavy atom. The molecular weight excluding hydrogens is 254 g/mol. The molecule has 0 radical (unpaired) electrons. The van der Waals surface area contributed by atoms with E-state index in [0.29, 0.717) is 6.54 Å². The molecule has 2 aromatic rings. The smallest absolute Gasteiger partial charge is 0.255 e. The number of rotatable bonds is 3. The van der Waals surface area contributed by atoms with Crippen molar-refractivity contribution >= 4 is 5.91 Å². The number of H-pyrrole nitrogens is 1. The highest BCUT2D eigenvalue weighted by atomic mass is 16.5. The van der Waals surface area contributed by atoms with Gasteiger partial charge in [-0.15, -0.1) is 0 Å². The third kappa shape index (κ3) is 2.52. The second-order valence-electron chi connectivity index (χ2n) is 5.02. The van der Waals surface area contributed by atoms with Crippen LogP contribution in [0.1, 0.15) is 22.3 Å². The highest BCUT2D eigenvalue weighted by Gasteiger charge is 2.29. The van der Waals surface area contributed by atoms with Gasteiger partial charge in [-0.05, 0) is 24.6 Å². The van der Waals surface area contributed by atoms with E-state index in [1.54, 1.807) is 18.6 Å². The Balaban J connectivity index is 1.62. The van der Waals surface area contributed by atoms with Crippen LogP contribution in [0.3, 0.4) is 0 Å². The molecule has 3 rings (SSSR count). The van der Waals surface area contributed by atoms with Gasteiger partial charge in [0.1, 0.15) is 11.9 Å². The number of hydrogen-bond donors (Lipinski definition) is 1. The molecule has 3 heterocycles. The Labute approximate surface area is 117 Å². The Morgan fingerprint density at radius 1 is 1.50 bits per heavy atom. The minimum Gasteiger partial charge on any atom is -0.487 e. The van der Waals surface area contributed by atoms with Crippen LogP contribution in [-0.4, -0.2) is 40.0 Å². The van der Waals surface area contributed by atoms with Gasteiger partial charge in [0, 0.05) is 31.6 Å². The zero-order valence-corrected chi connectivity index (χ0v) is 11.4. The van der Waals surface area contributed by atoms with E-state index in [9.17, 15) is 4.79 Å². The van der Waals surface area contributed by atoms with E-state index in [2.05, 4.69) is 9.97 Å². The Kier molecular flexibility index (Phi) is 3.41. The van der Waals surface area contributed by atoms with E-state index in [-0.39, 0.29) is 12.0 Å². The number of likely N-dealkylation sites (tertiary alicyclic amines) is 1. The zero-order chi connectivity index (χ0) is 13.9. The third-order valence-corrected chi connectivity index (χ3v) is 3.55. The van der Waals surface area contributed by atoms with Crippen molar-refractivity contribution in [2.75, 3.05) is 13.1 Å². The number of amides is 1. The number of aromatic amines is 1. The minimum absolute atomic E-state index is 0.0439. The molecule has 104 valence electrons. The number of nitrogens with zero attached hydrogens (tertiary/aromatic N) is 2. The minimum atomic E-state index is 0.0439. The first-order valence-corrected chi connectivity index (χ1v) is 6.73. The first-order chi connectivity index (χ1) is 9.74. The van der Waals surface area contributed by atoms with E-state index in [1.165, 1.54) is 0 Å². The normalized spacial score (nSPS) is 18.2. The van der Waals surface area contributed by atoms with Crippen molar-refractivity contribution in [2.24, 2.45) is 0 Å². The summed E-state index contributed by atoms with van der Waals surface area (Å²) in [5, 5.41) is 0. The second kappa shape index (κ2) is 5.36. The first-order valence-electron chi connectivity index (χ1n) is 6.73. The number of carbonyl (C=O) groups excluding carboxylic acids is 1. The van der Waals surface area contributed by atoms with Crippen LogP contribution in [0.25, 0.3) is 0 Å². The van der Waals surface area contributed by atoms with Crippen LogP contribution in [0.5, 0.6) is 5.75 Å². The summed E-state index contributed by atoms with van der Waals surface area (Å²) in [7, 11) is 0. The topological polar surface area (TPSA) is 58.2 Å². The fourth-order valence-electron chi connectivity index (χ4n) is 2.46. The maximum Gasteiger partial charge on any atom is 0.255 e. The average Bonchev–Trinajstić information content (AvgIpc) is 3.08. The summed E-state index contributed by atoms with van der Waals surface area (Å²) in [4.78, 5) is 21.2. The third-order valence-electron chi connectivity index (χ3n) is 3.55. The van der Waals surface area contributed by atoms with Gasteiger partial charge < -0.3 is 14.6 Å². The quantitative estimate of drug-likeness (QED) is 0.929. The summed E-state index contributed by atoms with van der Waals surface area (Å²) in [5.74, 6) is 0.825. The Bertz CT molecular complexity index is 594. The number of aryl methyl sites for hydroxylation is 1. The number of aromatic nitrogens is 2. The van der Waals surface area contributed by atoms with Crippen molar-refractivity contribution in [1.29, 1.82) is 0 Å². The molecule has 1 aliphatic rings. The van der Waals surface area contributed by atoms with Crippen molar-refractivity contribution in [3.8, 4) is 5.75 Å². The molecular formula is C15H17N3O2. The molecule has 5 heteroatoms. The molecule has 0 unspecified atom stereocenters. The molecule has 5 nitrogen and oxygen atoms in total. The van der Waals surface area contributed by atoms with Crippen LogP contribution < -0.4 is 4.74 Å². The Morgan fingerprint density at radius 3 is 3.10 bits per heavy atom. The van der Waals surface area contributed by atoms with Crippen LogP contribution in [-0.2, 0) is 0 Å². The number of ether oxygens (including phenoxy) is 1. The van der Waals surface area contributed by atoms with Crippen molar-refractivity contribution in [3.63, 3.8) is 0 Å². The largest absolute Gasteiger partial charge is 0.487 e. The van der Waals surface area contributed by atoms with E-state index < -0.39 is 0 Å². The molecule has 20 heavy (non-hydrogen) atoms. The molecule has 0 bridgehead atoms. The zero-order valence-electron chi connectivity index (χ0n) is 11.4. The van der Waals surface area contributed by atoms with Gasteiger partial charge in [0.05, 0.1) is 18.3 Å². The highest BCUT2D eigenvalue weighted by molar-refractivity contribution is 5.95. The molecule has 1 fully saturated rings. The first kappa shape index (κ1) is 12.7. The lowest BCUT2D eigenvalue weighted by atomic mass is 10.2. The van der Waals surface area contributed by atoms with Gasteiger partial charge in [0.25, 0.3) is 5.91 Å². The fraction of sp³-hybridized carbons (Fsp3) is 0.333.